The number of methoxy groups -OCH3 is 1. The largest absolute Gasteiger partial charge is 0.385 e. The molecule has 1 N–H and O–H groups in total. The first kappa shape index (κ1) is 20.1. The molecule has 26 heavy (non-hydrogen) atoms. The molecular formula is C20H28N4OS. The number of nitrogens with one attached hydrogen (secondary N) is 1. The summed E-state index contributed by atoms with van der Waals surface area (Å²) in [5.41, 5.74) is 3.40. The van der Waals surface area contributed by atoms with E-state index in [4.69, 9.17) is 17.0 Å². The first-order valence-corrected chi connectivity index (χ1v) is 9.19. The molecule has 0 fully saturated rings. The number of hydrogen-bond acceptors (Lipinski definition) is 4. The summed E-state index contributed by atoms with van der Waals surface area (Å²) < 4.78 is 5.10. The van der Waals surface area contributed by atoms with Crippen molar-refractivity contribution < 1.29 is 4.74 Å². The van der Waals surface area contributed by atoms with Crippen LogP contribution in [0.15, 0.2) is 48.7 Å². The van der Waals surface area contributed by atoms with Gasteiger partial charge in [0.1, 0.15) is 0 Å². The van der Waals surface area contributed by atoms with Crippen molar-refractivity contribution in [2.75, 3.05) is 39.3 Å². The van der Waals surface area contributed by atoms with Crippen molar-refractivity contribution in [2.24, 2.45) is 0 Å². The lowest BCUT2D eigenvalue weighted by molar-refractivity contribution is 0.195. The molecule has 0 aliphatic heterocycles. The normalized spacial score (nSPS) is 10.4. The van der Waals surface area contributed by atoms with E-state index >= 15 is 0 Å². The fourth-order valence-corrected chi connectivity index (χ4v) is 2.76. The number of anilines is 1. The lowest BCUT2D eigenvalue weighted by Gasteiger charge is -2.26. The molecular weight excluding hydrogens is 344 g/mol. The van der Waals surface area contributed by atoms with E-state index in [1.54, 1.807) is 7.11 Å². The van der Waals surface area contributed by atoms with E-state index < -0.39 is 0 Å². The summed E-state index contributed by atoms with van der Waals surface area (Å²) in [6, 6.07) is 14.5. The number of rotatable bonds is 9. The van der Waals surface area contributed by atoms with Crippen molar-refractivity contribution in [1.29, 1.82) is 0 Å². The molecule has 0 aliphatic carbocycles. The second-order valence-corrected chi connectivity index (χ2v) is 6.70. The third-order valence-electron chi connectivity index (χ3n) is 3.99. The molecule has 1 aromatic carbocycles. The van der Waals surface area contributed by atoms with Crippen LogP contribution in [0, 0.1) is 0 Å². The Morgan fingerprint density at radius 2 is 1.88 bits per heavy atom. The Labute approximate surface area is 162 Å². The molecule has 0 radical (unpaired) electrons. The molecule has 0 saturated carbocycles. The maximum atomic E-state index is 5.63. The molecule has 1 aromatic heterocycles. The van der Waals surface area contributed by atoms with E-state index in [0.29, 0.717) is 6.54 Å². The van der Waals surface area contributed by atoms with Crippen molar-refractivity contribution in [2.45, 2.75) is 19.5 Å². The minimum absolute atomic E-state index is 0.673. The van der Waals surface area contributed by atoms with Crippen LogP contribution < -0.4 is 10.2 Å². The fourth-order valence-electron chi connectivity index (χ4n) is 2.53. The molecule has 0 atom stereocenters. The quantitative estimate of drug-likeness (QED) is 0.539. The van der Waals surface area contributed by atoms with Crippen LogP contribution in [0.4, 0.5) is 5.69 Å². The zero-order valence-electron chi connectivity index (χ0n) is 15.8. The topological polar surface area (TPSA) is 40.6 Å². The van der Waals surface area contributed by atoms with Gasteiger partial charge in [0.2, 0.25) is 0 Å². The second-order valence-electron chi connectivity index (χ2n) is 6.32. The maximum absolute atomic E-state index is 5.63. The van der Waals surface area contributed by atoms with Gasteiger partial charge < -0.3 is 19.9 Å². The van der Waals surface area contributed by atoms with Crippen LogP contribution >= 0.6 is 12.2 Å². The van der Waals surface area contributed by atoms with Crippen LogP contribution in [0.25, 0.3) is 0 Å². The predicted molar refractivity (Wildman–Crippen MR) is 111 cm³/mol. The molecule has 0 amide bonds. The lowest BCUT2D eigenvalue weighted by atomic mass is 10.2. The van der Waals surface area contributed by atoms with Gasteiger partial charge in [0.05, 0.1) is 12.2 Å². The predicted octanol–water partition coefficient (Wildman–Crippen LogP) is 3.06. The minimum Gasteiger partial charge on any atom is -0.385 e. The summed E-state index contributed by atoms with van der Waals surface area (Å²) in [6.07, 6.45) is 2.74. The van der Waals surface area contributed by atoms with Crippen LogP contribution in [0.5, 0.6) is 0 Å². The molecule has 5 nitrogen and oxygen atoms in total. The van der Waals surface area contributed by atoms with E-state index in [9.17, 15) is 0 Å². The number of hydrogen-bond donors (Lipinski definition) is 1. The Hall–Kier alpha value is -2.18. The summed E-state index contributed by atoms with van der Waals surface area (Å²) in [5, 5.41) is 4.07. The van der Waals surface area contributed by atoms with Crippen LogP contribution in [-0.2, 0) is 17.8 Å². The van der Waals surface area contributed by atoms with Crippen molar-refractivity contribution >= 4 is 23.0 Å². The summed E-state index contributed by atoms with van der Waals surface area (Å²) in [4.78, 5) is 8.68. The molecule has 6 heteroatoms. The number of aromatic nitrogens is 1. The molecule has 0 unspecified atom stereocenters. The lowest BCUT2D eigenvalue weighted by Crippen LogP contribution is -2.39. The van der Waals surface area contributed by atoms with E-state index in [-0.39, 0.29) is 0 Å². The van der Waals surface area contributed by atoms with Crippen LogP contribution in [-0.4, -0.2) is 49.4 Å². The third-order valence-corrected chi connectivity index (χ3v) is 4.40. The monoisotopic (exact) mass is 372 g/mol. The standard InChI is InChI=1S/C20H28N4OS/c1-23(2)19-10-8-17(9-11-19)15-24(16-18-7-4-5-12-21-18)20(26)22-13-6-14-25-3/h4-5,7-12H,6,13-16H2,1-3H3,(H,22,26). The Morgan fingerprint density at radius 3 is 2.50 bits per heavy atom. The Balaban J connectivity index is 2.05. The summed E-state index contributed by atoms with van der Waals surface area (Å²) in [6.45, 7) is 2.93. The first-order chi connectivity index (χ1) is 12.6. The highest BCUT2D eigenvalue weighted by Gasteiger charge is 2.12. The molecule has 0 aliphatic rings. The Bertz CT molecular complexity index is 661. The zero-order chi connectivity index (χ0) is 18.8. The van der Waals surface area contributed by atoms with E-state index in [2.05, 4.69) is 44.4 Å². The smallest absolute Gasteiger partial charge is 0.169 e. The average molecular weight is 373 g/mol. The number of thiocarbonyl (C=S) groups is 1. The van der Waals surface area contributed by atoms with Gasteiger partial charge in [-0.3, -0.25) is 4.98 Å². The molecule has 2 rings (SSSR count). The van der Waals surface area contributed by atoms with Crippen LogP contribution in [0.1, 0.15) is 17.7 Å². The van der Waals surface area contributed by atoms with E-state index in [0.717, 1.165) is 36.9 Å². The van der Waals surface area contributed by atoms with Crippen molar-refractivity contribution in [3.05, 3.63) is 59.9 Å². The van der Waals surface area contributed by atoms with Gasteiger partial charge in [0.25, 0.3) is 0 Å². The van der Waals surface area contributed by atoms with Crippen molar-refractivity contribution in [1.82, 2.24) is 15.2 Å². The van der Waals surface area contributed by atoms with E-state index in [1.807, 2.05) is 38.5 Å². The van der Waals surface area contributed by atoms with Gasteiger partial charge in [0.15, 0.2) is 5.11 Å². The van der Waals surface area contributed by atoms with Gasteiger partial charge in [-0.25, -0.2) is 0 Å². The molecule has 2 aromatic rings. The fraction of sp³-hybridized carbons (Fsp3) is 0.400. The van der Waals surface area contributed by atoms with Crippen molar-refractivity contribution in [3.63, 3.8) is 0 Å². The number of pyridine rings is 1. The molecule has 1 heterocycles. The van der Waals surface area contributed by atoms with Crippen LogP contribution in [0.3, 0.4) is 0 Å². The van der Waals surface area contributed by atoms with Gasteiger partial charge in [-0.2, -0.15) is 0 Å². The van der Waals surface area contributed by atoms with Gasteiger partial charge >= 0.3 is 0 Å². The van der Waals surface area contributed by atoms with Crippen LogP contribution in [0.2, 0.25) is 0 Å². The minimum atomic E-state index is 0.673. The van der Waals surface area contributed by atoms with Gasteiger partial charge in [0, 0.05) is 52.8 Å². The molecule has 0 spiro atoms. The Kier molecular flexibility index (Phi) is 8.31. The van der Waals surface area contributed by atoms with Gasteiger partial charge in [-0.05, 0) is 48.5 Å². The summed E-state index contributed by atoms with van der Waals surface area (Å²) in [7, 11) is 5.80. The highest BCUT2D eigenvalue weighted by atomic mass is 32.1. The van der Waals surface area contributed by atoms with Gasteiger partial charge in [-0.15, -0.1) is 0 Å². The SMILES string of the molecule is COCCCNC(=S)N(Cc1ccc(N(C)C)cc1)Cc1ccccn1. The zero-order valence-corrected chi connectivity index (χ0v) is 16.6. The maximum Gasteiger partial charge on any atom is 0.169 e. The molecule has 0 saturated heterocycles. The number of ether oxygens (including phenoxy) is 1. The van der Waals surface area contributed by atoms with Crippen molar-refractivity contribution in [3.8, 4) is 0 Å². The van der Waals surface area contributed by atoms with E-state index in [1.165, 1.54) is 11.3 Å². The number of benzene rings is 1. The summed E-state index contributed by atoms with van der Waals surface area (Å²) in [5.74, 6) is 0. The summed E-state index contributed by atoms with van der Waals surface area (Å²) >= 11 is 5.63. The average Bonchev–Trinajstić information content (AvgIpc) is 2.66. The number of nitrogens with zero attached hydrogens (tertiary/aromatic N) is 3. The van der Waals surface area contributed by atoms with Gasteiger partial charge in [-0.1, -0.05) is 18.2 Å². The third kappa shape index (κ3) is 6.61. The second kappa shape index (κ2) is 10.7. The highest BCUT2D eigenvalue weighted by molar-refractivity contribution is 7.80. The molecule has 0 bridgehead atoms. The highest BCUT2D eigenvalue weighted by Crippen LogP contribution is 2.15. The first-order valence-electron chi connectivity index (χ1n) is 8.78. The Morgan fingerprint density at radius 1 is 1.12 bits per heavy atom. The molecule has 140 valence electrons.